The molecule has 1 atom stereocenters. The van der Waals surface area contributed by atoms with Crippen LogP contribution in [-0.2, 0) is 4.79 Å². The van der Waals surface area contributed by atoms with Crippen LogP contribution in [0.4, 0.5) is 0 Å². The summed E-state index contributed by atoms with van der Waals surface area (Å²) in [5.74, 6) is -0.220. The zero-order valence-electron chi connectivity index (χ0n) is 6.63. The second-order valence-corrected chi connectivity index (χ2v) is 3.69. The average molecular weight is 213 g/mol. The smallest absolute Gasteiger partial charge is 0.196 e. The fourth-order valence-corrected chi connectivity index (χ4v) is 1.94. The van der Waals surface area contributed by atoms with E-state index in [1.165, 1.54) is 0 Å². The van der Waals surface area contributed by atoms with Crippen LogP contribution in [0.5, 0.6) is 0 Å². The Kier molecular flexibility index (Phi) is 2.14. The van der Waals surface area contributed by atoms with E-state index in [-0.39, 0.29) is 10.8 Å². The molecule has 1 aliphatic carbocycles. The number of ketones is 1. The minimum atomic E-state index is -0.631. The summed E-state index contributed by atoms with van der Waals surface area (Å²) in [6.45, 7) is 0. The van der Waals surface area contributed by atoms with E-state index >= 15 is 0 Å². The molecule has 1 aromatic carbocycles. The highest BCUT2D eigenvalue weighted by Gasteiger charge is 2.26. The topological polar surface area (TPSA) is 17.1 Å². The largest absolute Gasteiger partial charge is 0.291 e. The van der Waals surface area contributed by atoms with Crippen LogP contribution in [-0.4, -0.2) is 5.78 Å². The lowest BCUT2D eigenvalue weighted by Crippen LogP contribution is -2.12. The van der Waals surface area contributed by atoms with Crippen LogP contribution >= 0.6 is 23.2 Å². The zero-order chi connectivity index (χ0) is 9.42. The third-order valence-corrected chi connectivity index (χ3v) is 2.75. The number of hydrogen-bond donors (Lipinski definition) is 0. The summed E-state index contributed by atoms with van der Waals surface area (Å²) in [6.07, 6.45) is 1.65. The van der Waals surface area contributed by atoms with Crippen molar-refractivity contribution in [3.05, 3.63) is 40.4 Å². The van der Waals surface area contributed by atoms with Crippen LogP contribution in [0, 0.1) is 0 Å². The summed E-state index contributed by atoms with van der Waals surface area (Å²) in [5, 5.41) is -0.424. The highest BCUT2D eigenvalue weighted by atomic mass is 35.5. The van der Waals surface area contributed by atoms with Crippen molar-refractivity contribution in [1.82, 2.24) is 0 Å². The lowest BCUT2D eigenvalue weighted by atomic mass is 9.96. The van der Waals surface area contributed by atoms with Crippen LogP contribution in [0.3, 0.4) is 0 Å². The monoisotopic (exact) mass is 212 g/mol. The third-order valence-electron chi connectivity index (χ3n) is 2.02. The van der Waals surface area contributed by atoms with Crippen LogP contribution in [0.15, 0.2) is 29.3 Å². The fourth-order valence-electron chi connectivity index (χ4n) is 1.34. The molecule has 0 N–H and O–H groups in total. The lowest BCUT2D eigenvalue weighted by Gasteiger charge is -2.16. The summed E-state index contributed by atoms with van der Waals surface area (Å²) in [6, 6.07) is 7.47. The van der Waals surface area contributed by atoms with Crippen molar-refractivity contribution < 1.29 is 4.79 Å². The van der Waals surface area contributed by atoms with Crippen molar-refractivity contribution in [2.75, 3.05) is 0 Å². The second kappa shape index (κ2) is 3.17. The SMILES string of the molecule is O=C1C(Cl)=Cc2ccccc2C1Cl. The summed E-state index contributed by atoms with van der Waals surface area (Å²) in [7, 11) is 0. The molecule has 0 radical (unpaired) electrons. The highest BCUT2D eigenvalue weighted by Crippen LogP contribution is 2.34. The van der Waals surface area contributed by atoms with E-state index in [1.807, 2.05) is 24.3 Å². The minimum Gasteiger partial charge on any atom is -0.291 e. The van der Waals surface area contributed by atoms with Gasteiger partial charge in [-0.05, 0) is 17.2 Å². The molecule has 1 nitrogen and oxygen atoms in total. The molecule has 1 aromatic rings. The van der Waals surface area contributed by atoms with E-state index in [0.717, 1.165) is 11.1 Å². The molecule has 1 unspecified atom stereocenters. The lowest BCUT2D eigenvalue weighted by molar-refractivity contribution is -0.114. The molecule has 13 heavy (non-hydrogen) atoms. The quantitative estimate of drug-likeness (QED) is 0.605. The van der Waals surface area contributed by atoms with Crippen molar-refractivity contribution in [3.63, 3.8) is 0 Å². The summed E-state index contributed by atoms with van der Waals surface area (Å²) >= 11 is 11.6. The van der Waals surface area contributed by atoms with Gasteiger partial charge in [0, 0.05) is 0 Å². The van der Waals surface area contributed by atoms with E-state index < -0.39 is 5.38 Å². The Bertz CT molecular complexity index is 396. The summed E-state index contributed by atoms with van der Waals surface area (Å²) in [4.78, 5) is 11.4. The molecule has 0 saturated carbocycles. The Labute approximate surface area is 86.0 Å². The molecule has 1 aliphatic rings. The second-order valence-electron chi connectivity index (χ2n) is 2.85. The van der Waals surface area contributed by atoms with Crippen LogP contribution in [0.25, 0.3) is 6.08 Å². The third kappa shape index (κ3) is 1.38. The first-order valence-electron chi connectivity index (χ1n) is 3.84. The normalized spacial score (nSPS) is 20.9. The molecule has 0 heterocycles. The average Bonchev–Trinajstić information content (AvgIpc) is 2.15. The first-order chi connectivity index (χ1) is 6.20. The number of benzene rings is 1. The molecule has 0 bridgehead atoms. The zero-order valence-corrected chi connectivity index (χ0v) is 8.14. The molecule has 0 aromatic heterocycles. The van der Waals surface area contributed by atoms with E-state index in [0.29, 0.717) is 0 Å². The van der Waals surface area contributed by atoms with Gasteiger partial charge in [-0.15, -0.1) is 11.6 Å². The predicted octanol–water partition coefficient (Wildman–Crippen LogP) is 3.13. The number of hydrogen-bond acceptors (Lipinski definition) is 1. The molecule has 3 heteroatoms. The van der Waals surface area contributed by atoms with Gasteiger partial charge in [-0.25, -0.2) is 0 Å². The molecule has 0 saturated heterocycles. The van der Waals surface area contributed by atoms with Crippen LogP contribution in [0.2, 0.25) is 0 Å². The van der Waals surface area contributed by atoms with Gasteiger partial charge in [0.25, 0.3) is 0 Å². The maximum Gasteiger partial charge on any atom is 0.196 e. The first kappa shape index (κ1) is 8.79. The van der Waals surface area contributed by atoms with Gasteiger partial charge < -0.3 is 0 Å². The Hall–Kier alpha value is -0.790. The maximum atomic E-state index is 11.4. The molecule has 0 fully saturated rings. The molecular weight excluding hydrogens is 207 g/mol. The first-order valence-corrected chi connectivity index (χ1v) is 4.66. The van der Waals surface area contributed by atoms with Gasteiger partial charge in [0.05, 0.1) is 5.03 Å². The van der Waals surface area contributed by atoms with Gasteiger partial charge in [-0.3, -0.25) is 4.79 Å². The maximum absolute atomic E-state index is 11.4. The highest BCUT2D eigenvalue weighted by molar-refractivity contribution is 6.50. The number of carbonyl (C=O) groups is 1. The van der Waals surface area contributed by atoms with Crippen LogP contribution in [0.1, 0.15) is 16.5 Å². The number of fused-ring (bicyclic) bond motifs is 1. The molecule has 0 spiro atoms. The molecule has 66 valence electrons. The molecule has 2 rings (SSSR count). The number of Topliss-reactive ketones (excluding diaryl/α,β-unsaturated/α-hetero) is 1. The number of alkyl halides is 1. The van der Waals surface area contributed by atoms with E-state index in [1.54, 1.807) is 6.08 Å². The van der Waals surface area contributed by atoms with Crippen molar-refractivity contribution >= 4 is 35.1 Å². The van der Waals surface area contributed by atoms with E-state index in [2.05, 4.69) is 0 Å². The van der Waals surface area contributed by atoms with Gasteiger partial charge >= 0.3 is 0 Å². The van der Waals surface area contributed by atoms with E-state index in [4.69, 9.17) is 23.2 Å². The van der Waals surface area contributed by atoms with Gasteiger partial charge in [0.2, 0.25) is 0 Å². The van der Waals surface area contributed by atoms with Gasteiger partial charge in [0.15, 0.2) is 5.78 Å². The predicted molar refractivity (Wildman–Crippen MR) is 53.9 cm³/mol. The van der Waals surface area contributed by atoms with Crippen LogP contribution < -0.4 is 0 Å². The Morgan fingerprint density at radius 3 is 2.69 bits per heavy atom. The number of carbonyl (C=O) groups excluding carboxylic acids is 1. The van der Waals surface area contributed by atoms with Gasteiger partial charge in [-0.2, -0.15) is 0 Å². The molecular formula is C10H6Cl2O. The Morgan fingerprint density at radius 1 is 1.23 bits per heavy atom. The van der Waals surface area contributed by atoms with Crippen molar-refractivity contribution in [1.29, 1.82) is 0 Å². The molecule has 0 amide bonds. The number of rotatable bonds is 0. The Balaban J connectivity index is 2.63. The van der Waals surface area contributed by atoms with Crippen molar-refractivity contribution in [2.45, 2.75) is 5.38 Å². The minimum absolute atomic E-state index is 0.207. The number of halogens is 2. The summed E-state index contributed by atoms with van der Waals surface area (Å²) < 4.78 is 0. The van der Waals surface area contributed by atoms with E-state index in [9.17, 15) is 4.79 Å². The Morgan fingerprint density at radius 2 is 1.92 bits per heavy atom. The van der Waals surface area contributed by atoms with Gasteiger partial charge in [0.1, 0.15) is 5.38 Å². The van der Waals surface area contributed by atoms with Crippen molar-refractivity contribution in [3.8, 4) is 0 Å². The van der Waals surface area contributed by atoms with Crippen molar-refractivity contribution in [2.24, 2.45) is 0 Å². The molecule has 0 aliphatic heterocycles. The standard InChI is InChI=1S/C10H6Cl2O/c11-8-5-6-3-1-2-4-7(6)9(12)10(8)13/h1-5,9H. The number of allylic oxidation sites excluding steroid dienone is 1. The van der Waals surface area contributed by atoms with Gasteiger partial charge in [-0.1, -0.05) is 35.9 Å². The fraction of sp³-hybridized carbons (Fsp3) is 0.100. The summed E-state index contributed by atoms with van der Waals surface area (Å²) in [5.41, 5.74) is 1.76.